The summed E-state index contributed by atoms with van der Waals surface area (Å²) in [4.78, 5) is 0. The largest absolute Gasteiger partial charge is 0.388 e. The lowest BCUT2D eigenvalue weighted by Crippen LogP contribution is -2.12. The van der Waals surface area contributed by atoms with E-state index in [0.29, 0.717) is 0 Å². The van der Waals surface area contributed by atoms with E-state index in [9.17, 15) is 5.11 Å². The summed E-state index contributed by atoms with van der Waals surface area (Å²) in [5.41, 5.74) is 2.40. The van der Waals surface area contributed by atoms with Gasteiger partial charge in [-0.1, -0.05) is 62.2 Å². The molecule has 0 bridgehead atoms. The first-order valence-corrected chi connectivity index (χ1v) is 6.63. The highest BCUT2D eigenvalue weighted by Gasteiger charge is 2.17. The number of hydrogen-bond acceptors (Lipinski definition) is 1. The van der Waals surface area contributed by atoms with E-state index in [1.54, 1.807) is 0 Å². The molecule has 16 heavy (non-hydrogen) atoms. The number of benzene rings is 1. The van der Waals surface area contributed by atoms with Crippen molar-refractivity contribution in [3.05, 3.63) is 33.8 Å². The van der Waals surface area contributed by atoms with Crippen LogP contribution in [0.15, 0.2) is 22.7 Å². The molecule has 0 amide bonds. The Bertz CT molecular complexity index is 352. The van der Waals surface area contributed by atoms with Crippen LogP contribution >= 0.6 is 15.9 Å². The summed E-state index contributed by atoms with van der Waals surface area (Å²) in [5, 5.41) is 10.1. The molecule has 0 saturated heterocycles. The van der Waals surface area contributed by atoms with E-state index in [1.165, 1.54) is 5.56 Å². The zero-order chi connectivity index (χ0) is 12.3. The number of aliphatic hydroxyl groups is 1. The van der Waals surface area contributed by atoms with Crippen LogP contribution in [0.4, 0.5) is 0 Å². The van der Waals surface area contributed by atoms with Gasteiger partial charge < -0.3 is 5.11 Å². The quantitative estimate of drug-likeness (QED) is 0.861. The van der Waals surface area contributed by atoms with Crippen LogP contribution in [0.1, 0.15) is 57.8 Å². The van der Waals surface area contributed by atoms with Crippen molar-refractivity contribution in [2.24, 2.45) is 0 Å². The minimum atomic E-state index is -0.360. The van der Waals surface area contributed by atoms with Crippen molar-refractivity contribution in [3.63, 3.8) is 0 Å². The van der Waals surface area contributed by atoms with E-state index in [2.05, 4.69) is 55.8 Å². The van der Waals surface area contributed by atoms with Crippen LogP contribution in [0.3, 0.4) is 0 Å². The SMILES string of the molecule is CCCC(O)c1cc(C(C)(C)C)ccc1Br. The predicted octanol–water partition coefficient (Wildman–Crippen LogP) is 4.58. The van der Waals surface area contributed by atoms with Crippen LogP contribution in [-0.4, -0.2) is 5.11 Å². The van der Waals surface area contributed by atoms with Gasteiger partial charge in [0.25, 0.3) is 0 Å². The molecule has 1 unspecified atom stereocenters. The lowest BCUT2D eigenvalue weighted by molar-refractivity contribution is 0.165. The minimum Gasteiger partial charge on any atom is -0.388 e. The van der Waals surface area contributed by atoms with Crippen molar-refractivity contribution in [2.75, 3.05) is 0 Å². The summed E-state index contributed by atoms with van der Waals surface area (Å²) in [6, 6.07) is 6.27. The van der Waals surface area contributed by atoms with Gasteiger partial charge >= 0.3 is 0 Å². The molecule has 0 radical (unpaired) electrons. The average molecular weight is 285 g/mol. The van der Waals surface area contributed by atoms with Gasteiger partial charge in [0, 0.05) is 4.47 Å². The summed E-state index contributed by atoms with van der Waals surface area (Å²) < 4.78 is 1.00. The van der Waals surface area contributed by atoms with Gasteiger partial charge in [-0.2, -0.15) is 0 Å². The predicted molar refractivity (Wildman–Crippen MR) is 72.7 cm³/mol. The number of rotatable bonds is 3. The monoisotopic (exact) mass is 284 g/mol. The molecule has 0 fully saturated rings. The molecule has 1 aromatic carbocycles. The summed E-state index contributed by atoms with van der Waals surface area (Å²) >= 11 is 3.51. The molecule has 1 atom stereocenters. The Hall–Kier alpha value is -0.340. The van der Waals surface area contributed by atoms with Crippen LogP contribution in [-0.2, 0) is 5.41 Å². The van der Waals surface area contributed by atoms with Crippen molar-refractivity contribution >= 4 is 15.9 Å². The first-order chi connectivity index (χ1) is 7.36. The molecule has 0 aliphatic heterocycles. The van der Waals surface area contributed by atoms with Crippen LogP contribution in [0.25, 0.3) is 0 Å². The molecular formula is C14H21BrO. The van der Waals surface area contributed by atoms with Crippen molar-refractivity contribution < 1.29 is 5.11 Å². The third kappa shape index (κ3) is 3.33. The van der Waals surface area contributed by atoms with Gasteiger partial charge in [0.2, 0.25) is 0 Å². The maximum Gasteiger partial charge on any atom is 0.0800 e. The highest BCUT2D eigenvalue weighted by atomic mass is 79.9. The maximum absolute atomic E-state index is 10.1. The molecule has 1 nitrogen and oxygen atoms in total. The molecule has 1 N–H and O–H groups in total. The first kappa shape index (κ1) is 13.7. The van der Waals surface area contributed by atoms with Gasteiger partial charge in [-0.3, -0.25) is 0 Å². The Balaban J connectivity index is 3.09. The second-order valence-electron chi connectivity index (χ2n) is 5.29. The Morgan fingerprint density at radius 3 is 2.44 bits per heavy atom. The molecule has 0 aliphatic rings. The van der Waals surface area contributed by atoms with Gasteiger partial charge in [0.05, 0.1) is 6.10 Å². The topological polar surface area (TPSA) is 20.2 Å². The minimum absolute atomic E-state index is 0.126. The van der Waals surface area contributed by atoms with Crippen LogP contribution in [0, 0.1) is 0 Å². The van der Waals surface area contributed by atoms with Gasteiger partial charge in [0.1, 0.15) is 0 Å². The van der Waals surface area contributed by atoms with Gasteiger partial charge in [-0.25, -0.2) is 0 Å². The van der Waals surface area contributed by atoms with E-state index in [4.69, 9.17) is 0 Å². The van der Waals surface area contributed by atoms with Crippen LogP contribution in [0.2, 0.25) is 0 Å². The van der Waals surface area contributed by atoms with Crippen molar-refractivity contribution in [2.45, 2.75) is 52.1 Å². The molecule has 1 rings (SSSR count). The smallest absolute Gasteiger partial charge is 0.0800 e. The Morgan fingerprint density at radius 1 is 1.31 bits per heavy atom. The average Bonchev–Trinajstić information content (AvgIpc) is 2.16. The van der Waals surface area contributed by atoms with Gasteiger partial charge in [-0.05, 0) is 29.0 Å². The van der Waals surface area contributed by atoms with Crippen molar-refractivity contribution in [3.8, 4) is 0 Å². The molecular weight excluding hydrogens is 264 g/mol. The van der Waals surface area contributed by atoms with E-state index in [-0.39, 0.29) is 11.5 Å². The fraction of sp³-hybridized carbons (Fsp3) is 0.571. The summed E-state index contributed by atoms with van der Waals surface area (Å²) in [6.07, 6.45) is 1.45. The van der Waals surface area contributed by atoms with Crippen molar-refractivity contribution in [1.29, 1.82) is 0 Å². The number of aliphatic hydroxyl groups excluding tert-OH is 1. The highest BCUT2D eigenvalue weighted by molar-refractivity contribution is 9.10. The lowest BCUT2D eigenvalue weighted by Gasteiger charge is -2.22. The molecule has 0 saturated carbocycles. The first-order valence-electron chi connectivity index (χ1n) is 5.84. The number of halogens is 1. The van der Waals surface area contributed by atoms with Crippen molar-refractivity contribution in [1.82, 2.24) is 0 Å². The summed E-state index contributed by atoms with van der Waals surface area (Å²) in [5.74, 6) is 0. The van der Waals surface area contributed by atoms with Gasteiger partial charge in [0.15, 0.2) is 0 Å². The van der Waals surface area contributed by atoms with Crippen LogP contribution < -0.4 is 0 Å². The van der Waals surface area contributed by atoms with E-state index < -0.39 is 0 Å². The molecule has 0 spiro atoms. The third-order valence-corrected chi connectivity index (χ3v) is 3.51. The molecule has 0 aromatic heterocycles. The second-order valence-corrected chi connectivity index (χ2v) is 6.15. The highest BCUT2D eigenvalue weighted by Crippen LogP contribution is 2.31. The molecule has 0 aliphatic carbocycles. The van der Waals surface area contributed by atoms with Crippen LogP contribution in [0.5, 0.6) is 0 Å². The van der Waals surface area contributed by atoms with E-state index >= 15 is 0 Å². The Kier molecular flexibility index (Phi) is 4.57. The Morgan fingerprint density at radius 2 is 1.94 bits per heavy atom. The number of hydrogen-bond donors (Lipinski definition) is 1. The van der Waals surface area contributed by atoms with Gasteiger partial charge in [-0.15, -0.1) is 0 Å². The summed E-state index contributed by atoms with van der Waals surface area (Å²) in [6.45, 7) is 8.65. The summed E-state index contributed by atoms with van der Waals surface area (Å²) in [7, 11) is 0. The zero-order valence-electron chi connectivity index (χ0n) is 10.5. The van der Waals surface area contributed by atoms with E-state index in [1.807, 2.05) is 6.07 Å². The Labute approximate surface area is 107 Å². The standard InChI is InChI=1S/C14H21BrO/c1-5-6-13(16)11-9-10(14(2,3)4)7-8-12(11)15/h7-9,13,16H,5-6H2,1-4H3. The van der Waals surface area contributed by atoms with E-state index in [0.717, 1.165) is 22.9 Å². The lowest BCUT2D eigenvalue weighted by atomic mass is 9.85. The molecule has 1 aromatic rings. The second kappa shape index (κ2) is 5.33. The zero-order valence-corrected chi connectivity index (χ0v) is 12.1. The fourth-order valence-corrected chi connectivity index (χ4v) is 2.21. The molecule has 2 heteroatoms. The molecule has 90 valence electrons. The molecule has 0 heterocycles. The fourth-order valence-electron chi connectivity index (χ4n) is 1.69. The third-order valence-electron chi connectivity index (χ3n) is 2.78. The maximum atomic E-state index is 10.1. The normalized spacial score (nSPS) is 13.9.